The average Bonchev–Trinajstić information content (AvgIpc) is 2.92. The molecule has 0 unspecified atom stereocenters. The molecule has 1 N–H and O–H groups in total. The van der Waals surface area contributed by atoms with Crippen molar-refractivity contribution in [2.24, 2.45) is 5.92 Å². The van der Waals surface area contributed by atoms with E-state index in [2.05, 4.69) is 31.0 Å². The van der Waals surface area contributed by atoms with Crippen LogP contribution in [0.4, 0.5) is 5.69 Å². The summed E-state index contributed by atoms with van der Waals surface area (Å²) in [6.07, 6.45) is 0.416. The van der Waals surface area contributed by atoms with Crippen LogP contribution in [0.1, 0.15) is 43.4 Å². The van der Waals surface area contributed by atoms with E-state index in [0.717, 1.165) is 29.0 Å². The Kier molecular flexibility index (Phi) is 13.5. The number of carbonyl (C=O) groups is 2. The molecular weight excluding hydrogens is 496 g/mol. The maximum atomic E-state index is 13.2. The molecular formula is C31H40N2O6. The van der Waals surface area contributed by atoms with E-state index in [9.17, 15) is 9.59 Å². The smallest absolute Gasteiger partial charge is 0.229 e. The summed E-state index contributed by atoms with van der Waals surface area (Å²) in [6, 6.07) is 15.5. The molecule has 1 aliphatic rings. The van der Waals surface area contributed by atoms with Gasteiger partial charge in [0.15, 0.2) is 0 Å². The molecule has 0 atom stereocenters. The first kappa shape index (κ1) is 30.3. The molecule has 8 heteroatoms. The molecule has 0 spiro atoms. The molecule has 210 valence electrons. The number of fused-ring (bicyclic) bond motifs is 2. The lowest BCUT2D eigenvalue weighted by Gasteiger charge is -2.26. The second kappa shape index (κ2) is 17.4. The zero-order valence-corrected chi connectivity index (χ0v) is 23.1. The Labute approximate surface area is 232 Å². The van der Waals surface area contributed by atoms with E-state index < -0.39 is 0 Å². The van der Waals surface area contributed by atoms with Crippen molar-refractivity contribution in [3.63, 3.8) is 0 Å². The van der Waals surface area contributed by atoms with Gasteiger partial charge in [-0.25, -0.2) is 0 Å². The summed E-state index contributed by atoms with van der Waals surface area (Å²) in [7, 11) is 0. The van der Waals surface area contributed by atoms with Gasteiger partial charge in [0, 0.05) is 37.1 Å². The number of hydrogen-bond donors (Lipinski definition) is 1. The topological polar surface area (TPSA) is 86.3 Å². The highest BCUT2D eigenvalue weighted by molar-refractivity contribution is 5.95. The van der Waals surface area contributed by atoms with Gasteiger partial charge in [-0.2, -0.15) is 0 Å². The average molecular weight is 537 g/mol. The Hall–Kier alpha value is -3.22. The molecule has 0 aliphatic carbocycles. The van der Waals surface area contributed by atoms with Gasteiger partial charge in [-0.3, -0.25) is 9.59 Å². The van der Waals surface area contributed by atoms with Gasteiger partial charge in [0.2, 0.25) is 11.8 Å². The van der Waals surface area contributed by atoms with Crippen LogP contribution >= 0.6 is 0 Å². The van der Waals surface area contributed by atoms with Gasteiger partial charge in [0.1, 0.15) is 0 Å². The van der Waals surface area contributed by atoms with Gasteiger partial charge in [0.25, 0.3) is 0 Å². The van der Waals surface area contributed by atoms with E-state index >= 15 is 0 Å². The minimum Gasteiger partial charge on any atom is -0.379 e. The number of amides is 2. The third-order valence-corrected chi connectivity index (χ3v) is 5.88. The SMILES string of the molecule is CC(C)COCCOCCOCCOCCC(=O)NCCC(=O)N1Cc2ccccc2C#Cc2ccccc21. The van der Waals surface area contributed by atoms with Crippen molar-refractivity contribution >= 4 is 17.5 Å². The number of anilines is 1. The highest BCUT2D eigenvalue weighted by Gasteiger charge is 2.21. The molecule has 0 fully saturated rings. The van der Waals surface area contributed by atoms with Crippen molar-refractivity contribution < 1.29 is 28.5 Å². The standard InChI is InChI=1S/C31H40N2O6/c1-25(2)24-39-22-21-38-20-19-37-18-17-36-16-14-30(34)32-15-13-31(35)33-23-28-9-4-3-7-26(28)11-12-27-8-5-6-10-29(27)33/h3-10,25H,13-24H2,1-2H3,(H,32,34). The lowest BCUT2D eigenvalue weighted by Crippen LogP contribution is -2.35. The molecule has 0 aromatic heterocycles. The highest BCUT2D eigenvalue weighted by Crippen LogP contribution is 2.25. The molecule has 0 saturated carbocycles. The van der Waals surface area contributed by atoms with Gasteiger partial charge in [-0.1, -0.05) is 56.0 Å². The fraction of sp³-hybridized carbons (Fsp3) is 0.484. The molecule has 39 heavy (non-hydrogen) atoms. The molecule has 0 saturated heterocycles. The minimum atomic E-state index is -0.152. The molecule has 3 rings (SSSR count). The summed E-state index contributed by atoms with van der Waals surface area (Å²) in [5.41, 5.74) is 3.51. The number of benzene rings is 2. The maximum absolute atomic E-state index is 13.2. The van der Waals surface area contributed by atoms with Gasteiger partial charge in [-0.15, -0.1) is 0 Å². The highest BCUT2D eigenvalue weighted by atomic mass is 16.6. The summed E-state index contributed by atoms with van der Waals surface area (Å²) in [4.78, 5) is 27.1. The van der Waals surface area contributed by atoms with E-state index in [-0.39, 0.29) is 31.2 Å². The number of carbonyl (C=O) groups excluding carboxylic acids is 2. The quantitative estimate of drug-likeness (QED) is 0.246. The molecule has 2 aromatic carbocycles. The maximum Gasteiger partial charge on any atom is 0.229 e. The Morgan fingerprint density at radius 2 is 1.38 bits per heavy atom. The largest absolute Gasteiger partial charge is 0.379 e. The van der Waals surface area contributed by atoms with Crippen LogP contribution in [0.25, 0.3) is 0 Å². The van der Waals surface area contributed by atoms with Crippen molar-refractivity contribution in [3.8, 4) is 11.8 Å². The van der Waals surface area contributed by atoms with Gasteiger partial charge < -0.3 is 29.2 Å². The Morgan fingerprint density at radius 3 is 2.10 bits per heavy atom. The second-order valence-corrected chi connectivity index (χ2v) is 9.56. The number of nitrogens with one attached hydrogen (secondary N) is 1. The molecule has 2 amide bonds. The first-order valence-corrected chi connectivity index (χ1v) is 13.6. The Balaban J connectivity index is 1.27. The second-order valence-electron chi connectivity index (χ2n) is 9.56. The lowest BCUT2D eigenvalue weighted by molar-refractivity contribution is -0.122. The van der Waals surface area contributed by atoms with Gasteiger partial charge in [-0.05, 0) is 29.7 Å². The summed E-state index contributed by atoms with van der Waals surface area (Å²) in [5.74, 6) is 6.71. The van der Waals surface area contributed by atoms with Crippen LogP contribution in [0, 0.1) is 17.8 Å². The van der Waals surface area contributed by atoms with Crippen molar-refractivity contribution in [1.29, 1.82) is 0 Å². The first-order valence-electron chi connectivity index (χ1n) is 13.6. The minimum absolute atomic E-state index is 0.0679. The van der Waals surface area contributed by atoms with Crippen molar-refractivity contribution in [2.45, 2.75) is 33.2 Å². The van der Waals surface area contributed by atoms with E-state index in [1.165, 1.54) is 0 Å². The van der Waals surface area contributed by atoms with Gasteiger partial charge >= 0.3 is 0 Å². The first-order chi connectivity index (χ1) is 19.0. The third-order valence-electron chi connectivity index (χ3n) is 5.88. The predicted molar refractivity (Wildman–Crippen MR) is 150 cm³/mol. The van der Waals surface area contributed by atoms with E-state index in [1.807, 2.05) is 48.5 Å². The van der Waals surface area contributed by atoms with E-state index in [4.69, 9.17) is 18.9 Å². The number of ether oxygens (including phenoxy) is 4. The zero-order chi connectivity index (χ0) is 27.7. The number of para-hydroxylation sites is 1. The van der Waals surface area contributed by atoms with Crippen LogP contribution in [0.3, 0.4) is 0 Å². The predicted octanol–water partition coefficient (Wildman–Crippen LogP) is 3.55. The summed E-state index contributed by atoms with van der Waals surface area (Å²) in [5, 5.41) is 2.82. The third kappa shape index (κ3) is 11.2. The van der Waals surface area contributed by atoms with Gasteiger partial charge in [0.05, 0.1) is 58.5 Å². The summed E-state index contributed by atoms with van der Waals surface area (Å²) in [6.45, 7) is 8.94. The van der Waals surface area contributed by atoms with Crippen LogP contribution in [-0.2, 0) is 35.1 Å². The molecule has 8 nitrogen and oxygen atoms in total. The molecule has 1 aliphatic heterocycles. The Morgan fingerprint density at radius 1 is 0.795 bits per heavy atom. The number of hydrogen-bond acceptors (Lipinski definition) is 6. The van der Waals surface area contributed by atoms with Crippen LogP contribution in [-0.4, -0.2) is 71.2 Å². The summed E-state index contributed by atoms with van der Waals surface area (Å²) < 4.78 is 21.8. The number of rotatable bonds is 17. The normalized spacial score (nSPS) is 12.1. The van der Waals surface area contributed by atoms with Crippen LogP contribution in [0.2, 0.25) is 0 Å². The Bertz CT molecular complexity index is 1110. The van der Waals surface area contributed by atoms with E-state index in [0.29, 0.717) is 58.7 Å². The van der Waals surface area contributed by atoms with Crippen LogP contribution in [0.15, 0.2) is 48.5 Å². The lowest BCUT2D eigenvalue weighted by atomic mass is 10.0. The zero-order valence-electron chi connectivity index (χ0n) is 23.1. The molecule has 0 radical (unpaired) electrons. The van der Waals surface area contributed by atoms with E-state index in [1.54, 1.807) is 4.90 Å². The fourth-order valence-corrected chi connectivity index (χ4v) is 3.88. The molecule has 0 bridgehead atoms. The van der Waals surface area contributed by atoms with Crippen LogP contribution < -0.4 is 10.2 Å². The fourth-order valence-electron chi connectivity index (χ4n) is 3.88. The molecule has 2 aromatic rings. The van der Waals surface area contributed by atoms with Crippen molar-refractivity contribution in [1.82, 2.24) is 5.32 Å². The van der Waals surface area contributed by atoms with Crippen molar-refractivity contribution in [3.05, 3.63) is 65.2 Å². The van der Waals surface area contributed by atoms with Crippen molar-refractivity contribution in [2.75, 3.05) is 64.3 Å². The number of nitrogens with zero attached hydrogens (tertiary/aromatic N) is 1. The monoisotopic (exact) mass is 536 g/mol. The summed E-state index contributed by atoms with van der Waals surface area (Å²) >= 11 is 0. The van der Waals surface area contributed by atoms with Crippen LogP contribution in [0.5, 0.6) is 0 Å². The molecule has 1 heterocycles.